The first-order valence-electron chi connectivity index (χ1n) is 7.73. The van der Waals surface area contributed by atoms with E-state index in [1.807, 2.05) is 6.92 Å². The van der Waals surface area contributed by atoms with Crippen LogP contribution in [0, 0.1) is 5.92 Å². The van der Waals surface area contributed by atoms with Gasteiger partial charge in [-0.15, -0.1) is 0 Å². The number of amides is 1. The largest absolute Gasteiger partial charge is 0.480 e. The SMILES string of the molecule is CCCCC(NC(=O)C(C(C)C)N1CCCS1(=O)=O)C(=O)O. The molecule has 0 aromatic heterocycles. The molecular weight excluding hydrogens is 308 g/mol. The lowest BCUT2D eigenvalue weighted by atomic mass is 10.0. The molecule has 0 spiro atoms. The molecule has 0 bridgehead atoms. The van der Waals surface area contributed by atoms with E-state index in [4.69, 9.17) is 0 Å². The van der Waals surface area contributed by atoms with E-state index < -0.39 is 34.0 Å². The maximum atomic E-state index is 12.5. The van der Waals surface area contributed by atoms with Crippen molar-refractivity contribution in [3.05, 3.63) is 0 Å². The van der Waals surface area contributed by atoms with Gasteiger partial charge in [0.2, 0.25) is 15.9 Å². The van der Waals surface area contributed by atoms with Gasteiger partial charge in [0.15, 0.2) is 0 Å². The van der Waals surface area contributed by atoms with E-state index in [-0.39, 0.29) is 11.7 Å². The molecule has 2 N–H and O–H groups in total. The molecule has 0 radical (unpaired) electrons. The highest BCUT2D eigenvalue weighted by Crippen LogP contribution is 2.22. The van der Waals surface area contributed by atoms with Gasteiger partial charge in [-0.2, -0.15) is 4.31 Å². The van der Waals surface area contributed by atoms with Gasteiger partial charge in [-0.25, -0.2) is 13.2 Å². The molecule has 7 nitrogen and oxygen atoms in total. The smallest absolute Gasteiger partial charge is 0.326 e. The van der Waals surface area contributed by atoms with Crippen LogP contribution in [0.3, 0.4) is 0 Å². The van der Waals surface area contributed by atoms with Gasteiger partial charge in [-0.05, 0) is 18.8 Å². The van der Waals surface area contributed by atoms with Crippen molar-refractivity contribution >= 4 is 21.9 Å². The van der Waals surface area contributed by atoms with Crippen molar-refractivity contribution < 1.29 is 23.1 Å². The zero-order chi connectivity index (χ0) is 16.9. The second-order valence-corrected chi connectivity index (χ2v) is 8.05. The van der Waals surface area contributed by atoms with E-state index in [0.29, 0.717) is 25.8 Å². The van der Waals surface area contributed by atoms with Gasteiger partial charge in [0.25, 0.3) is 0 Å². The van der Waals surface area contributed by atoms with Gasteiger partial charge in [0, 0.05) is 6.54 Å². The van der Waals surface area contributed by atoms with E-state index in [1.54, 1.807) is 13.8 Å². The summed E-state index contributed by atoms with van der Waals surface area (Å²) in [6.45, 7) is 5.78. The fourth-order valence-corrected chi connectivity index (χ4v) is 4.48. The van der Waals surface area contributed by atoms with Crippen molar-refractivity contribution in [1.82, 2.24) is 9.62 Å². The molecular formula is C14H26N2O5S. The first-order valence-corrected chi connectivity index (χ1v) is 9.34. The number of carbonyl (C=O) groups excluding carboxylic acids is 1. The quantitative estimate of drug-likeness (QED) is 0.683. The molecule has 128 valence electrons. The van der Waals surface area contributed by atoms with Gasteiger partial charge >= 0.3 is 5.97 Å². The topological polar surface area (TPSA) is 104 Å². The summed E-state index contributed by atoms with van der Waals surface area (Å²) in [6.07, 6.45) is 2.35. The standard InChI is InChI=1S/C14H26N2O5S/c1-4-5-7-11(14(18)19)15-13(17)12(10(2)3)16-8-6-9-22(16,20)21/h10-12H,4-9H2,1-3H3,(H,15,17)(H,18,19). The van der Waals surface area contributed by atoms with Crippen LogP contribution >= 0.6 is 0 Å². The lowest BCUT2D eigenvalue weighted by Crippen LogP contribution is -2.54. The number of hydrogen-bond acceptors (Lipinski definition) is 4. The second kappa shape index (κ2) is 7.92. The summed E-state index contributed by atoms with van der Waals surface area (Å²) in [5.74, 6) is -1.80. The van der Waals surface area contributed by atoms with Crippen molar-refractivity contribution in [2.75, 3.05) is 12.3 Å². The van der Waals surface area contributed by atoms with Crippen molar-refractivity contribution in [2.45, 2.75) is 58.5 Å². The van der Waals surface area contributed by atoms with Crippen LogP contribution in [-0.4, -0.2) is 54.1 Å². The average Bonchev–Trinajstić information content (AvgIpc) is 2.74. The summed E-state index contributed by atoms with van der Waals surface area (Å²) < 4.78 is 25.3. The summed E-state index contributed by atoms with van der Waals surface area (Å²) >= 11 is 0. The van der Waals surface area contributed by atoms with E-state index in [1.165, 1.54) is 4.31 Å². The molecule has 1 rings (SSSR count). The first-order chi connectivity index (χ1) is 10.2. The number of carboxylic acids is 1. The Morgan fingerprint density at radius 2 is 1.95 bits per heavy atom. The minimum absolute atomic E-state index is 0.0433. The van der Waals surface area contributed by atoms with Crippen LogP contribution in [0.4, 0.5) is 0 Å². The molecule has 1 heterocycles. The molecule has 0 aromatic carbocycles. The third-order valence-corrected chi connectivity index (χ3v) is 5.74. The van der Waals surface area contributed by atoms with Crippen LogP contribution in [0.1, 0.15) is 46.5 Å². The van der Waals surface area contributed by atoms with E-state index >= 15 is 0 Å². The molecule has 1 aliphatic rings. The van der Waals surface area contributed by atoms with Crippen LogP contribution in [0.2, 0.25) is 0 Å². The molecule has 1 amide bonds. The molecule has 1 saturated heterocycles. The van der Waals surface area contributed by atoms with Crippen LogP contribution in [0.25, 0.3) is 0 Å². The number of carbonyl (C=O) groups is 2. The monoisotopic (exact) mass is 334 g/mol. The molecule has 1 fully saturated rings. The maximum absolute atomic E-state index is 12.5. The highest BCUT2D eigenvalue weighted by molar-refractivity contribution is 7.89. The predicted molar refractivity (Wildman–Crippen MR) is 82.8 cm³/mol. The molecule has 2 unspecified atom stereocenters. The minimum Gasteiger partial charge on any atom is -0.480 e. The number of sulfonamides is 1. The zero-order valence-corrected chi connectivity index (χ0v) is 14.2. The molecule has 0 aliphatic carbocycles. The van der Waals surface area contributed by atoms with Crippen LogP contribution in [0.15, 0.2) is 0 Å². The van der Waals surface area contributed by atoms with E-state index in [0.717, 1.165) is 6.42 Å². The summed E-state index contributed by atoms with van der Waals surface area (Å²) in [5.41, 5.74) is 0. The van der Waals surface area contributed by atoms with Gasteiger partial charge in [0.1, 0.15) is 12.1 Å². The number of nitrogens with zero attached hydrogens (tertiary/aromatic N) is 1. The Kier molecular flexibility index (Phi) is 6.80. The molecule has 1 aliphatic heterocycles. The lowest BCUT2D eigenvalue weighted by molar-refractivity contribution is -0.142. The first kappa shape index (κ1) is 18.9. The molecule has 22 heavy (non-hydrogen) atoms. The Bertz CT molecular complexity index is 503. The Morgan fingerprint density at radius 1 is 1.32 bits per heavy atom. The lowest BCUT2D eigenvalue weighted by Gasteiger charge is -2.29. The number of unbranched alkanes of at least 4 members (excludes halogenated alkanes) is 1. The van der Waals surface area contributed by atoms with Gasteiger partial charge in [-0.1, -0.05) is 33.6 Å². The molecule has 0 aromatic rings. The predicted octanol–water partition coefficient (Wildman–Crippen LogP) is 0.806. The normalized spacial score (nSPS) is 20.7. The summed E-state index contributed by atoms with van der Waals surface area (Å²) in [5, 5.41) is 11.7. The Hall–Kier alpha value is -1.15. The summed E-state index contributed by atoms with van der Waals surface area (Å²) in [7, 11) is -3.42. The van der Waals surface area contributed by atoms with Crippen molar-refractivity contribution in [1.29, 1.82) is 0 Å². The van der Waals surface area contributed by atoms with E-state index in [9.17, 15) is 23.1 Å². The highest BCUT2D eigenvalue weighted by Gasteiger charge is 2.40. The van der Waals surface area contributed by atoms with Crippen LogP contribution in [-0.2, 0) is 19.6 Å². The third-order valence-electron chi connectivity index (χ3n) is 3.81. The molecule has 0 saturated carbocycles. The second-order valence-electron chi connectivity index (χ2n) is 6.01. The molecule has 8 heteroatoms. The number of aliphatic carboxylic acids is 1. The van der Waals surface area contributed by atoms with Crippen molar-refractivity contribution in [3.63, 3.8) is 0 Å². The van der Waals surface area contributed by atoms with Crippen molar-refractivity contribution in [2.24, 2.45) is 5.92 Å². The number of carboxylic acid groups (broad SMARTS) is 1. The Morgan fingerprint density at radius 3 is 2.36 bits per heavy atom. The van der Waals surface area contributed by atoms with Gasteiger partial charge in [-0.3, -0.25) is 4.79 Å². The Balaban J connectivity index is 2.87. The minimum atomic E-state index is -3.42. The molecule has 2 atom stereocenters. The van der Waals surface area contributed by atoms with Crippen LogP contribution in [0.5, 0.6) is 0 Å². The number of nitrogens with one attached hydrogen (secondary N) is 1. The maximum Gasteiger partial charge on any atom is 0.326 e. The fourth-order valence-electron chi connectivity index (χ4n) is 2.66. The number of rotatable bonds is 8. The average molecular weight is 334 g/mol. The number of hydrogen-bond donors (Lipinski definition) is 2. The van der Waals surface area contributed by atoms with Gasteiger partial charge < -0.3 is 10.4 Å². The van der Waals surface area contributed by atoms with Crippen molar-refractivity contribution in [3.8, 4) is 0 Å². The summed E-state index contributed by atoms with van der Waals surface area (Å²) in [6, 6.07) is -1.82. The highest BCUT2D eigenvalue weighted by atomic mass is 32.2. The fraction of sp³-hybridized carbons (Fsp3) is 0.857. The van der Waals surface area contributed by atoms with Crippen LogP contribution < -0.4 is 5.32 Å². The third kappa shape index (κ3) is 4.67. The summed E-state index contributed by atoms with van der Waals surface area (Å²) in [4.78, 5) is 23.7. The Labute approximate surface area is 132 Å². The van der Waals surface area contributed by atoms with Gasteiger partial charge in [0.05, 0.1) is 5.75 Å². The van der Waals surface area contributed by atoms with E-state index in [2.05, 4.69) is 5.32 Å². The zero-order valence-electron chi connectivity index (χ0n) is 13.4.